The van der Waals surface area contributed by atoms with Gasteiger partial charge in [-0.15, -0.1) is 0 Å². The molecule has 1 heteroatoms. The molecule has 72 valence electrons. The molecule has 0 N–H and O–H groups in total. The van der Waals surface area contributed by atoms with Gasteiger partial charge in [0.05, 0.1) is 0 Å². The first-order valence-corrected chi connectivity index (χ1v) is 5.86. The molecule has 0 saturated heterocycles. The van der Waals surface area contributed by atoms with Crippen molar-refractivity contribution in [2.24, 2.45) is 0 Å². The molecular formula is C12H17Br. The van der Waals surface area contributed by atoms with Gasteiger partial charge in [0.2, 0.25) is 0 Å². The fraction of sp³-hybridized carbons (Fsp3) is 0.500. The first-order chi connectivity index (χ1) is 6.24. The summed E-state index contributed by atoms with van der Waals surface area (Å²) in [5.41, 5.74) is 2.73. The van der Waals surface area contributed by atoms with Crippen molar-refractivity contribution >= 4 is 15.9 Å². The summed E-state index contributed by atoms with van der Waals surface area (Å²) in [5.74, 6) is 0. The molecule has 0 amide bonds. The van der Waals surface area contributed by atoms with Crippen LogP contribution in [-0.4, -0.2) is 0 Å². The standard InChI is InChI=1S/C12H17Br/c1-3-4-5-12(13)11-8-6-10(2)7-9-11/h6-9,12H,3-5H2,1-2H3. The van der Waals surface area contributed by atoms with Gasteiger partial charge in [0.15, 0.2) is 0 Å². The highest BCUT2D eigenvalue weighted by Gasteiger charge is 2.05. The fourth-order valence-electron chi connectivity index (χ4n) is 1.33. The average molecular weight is 241 g/mol. The van der Waals surface area contributed by atoms with Gasteiger partial charge in [-0.25, -0.2) is 0 Å². The summed E-state index contributed by atoms with van der Waals surface area (Å²) in [6, 6.07) is 8.78. The van der Waals surface area contributed by atoms with Gasteiger partial charge in [-0.2, -0.15) is 0 Å². The number of unbranched alkanes of at least 4 members (excludes halogenated alkanes) is 1. The molecule has 0 nitrogen and oxygen atoms in total. The Labute approximate surface area is 89.5 Å². The highest BCUT2D eigenvalue weighted by molar-refractivity contribution is 9.09. The second kappa shape index (κ2) is 5.43. The number of rotatable bonds is 4. The van der Waals surface area contributed by atoms with Crippen molar-refractivity contribution in [1.29, 1.82) is 0 Å². The summed E-state index contributed by atoms with van der Waals surface area (Å²) in [5, 5.41) is 0. The largest absolute Gasteiger partial charge is 0.0839 e. The lowest BCUT2D eigenvalue weighted by atomic mass is 10.1. The molecule has 1 aromatic carbocycles. The van der Waals surface area contributed by atoms with E-state index in [9.17, 15) is 0 Å². The second-order valence-electron chi connectivity index (χ2n) is 3.52. The van der Waals surface area contributed by atoms with Crippen LogP contribution in [0.3, 0.4) is 0 Å². The normalized spacial score (nSPS) is 12.8. The minimum Gasteiger partial charge on any atom is -0.0839 e. The van der Waals surface area contributed by atoms with Gasteiger partial charge in [-0.1, -0.05) is 65.5 Å². The third-order valence-electron chi connectivity index (χ3n) is 2.25. The van der Waals surface area contributed by atoms with Crippen LogP contribution < -0.4 is 0 Å². The highest BCUT2D eigenvalue weighted by Crippen LogP contribution is 2.28. The summed E-state index contributed by atoms with van der Waals surface area (Å²) in [7, 11) is 0. The third kappa shape index (κ3) is 3.51. The fourth-order valence-corrected chi connectivity index (χ4v) is 1.95. The van der Waals surface area contributed by atoms with E-state index in [-0.39, 0.29) is 0 Å². The Morgan fingerprint density at radius 2 is 1.85 bits per heavy atom. The lowest BCUT2D eigenvalue weighted by molar-refractivity contribution is 0.713. The first kappa shape index (κ1) is 10.8. The summed E-state index contributed by atoms with van der Waals surface area (Å²) in [4.78, 5) is 0.535. The Hall–Kier alpha value is -0.300. The zero-order valence-electron chi connectivity index (χ0n) is 8.39. The van der Waals surface area contributed by atoms with E-state index in [1.807, 2.05) is 0 Å². The lowest BCUT2D eigenvalue weighted by Gasteiger charge is -2.09. The number of aryl methyl sites for hydroxylation is 1. The molecule has 1 aromatic rings. The van der Waals surface area contributed by atoms with Crippen LogP contribution >= 0.6 is 15.9 Å². The van der Waals surface area contributed by atoms with E-state index in [1.165, 1.54) is 30.4 Å². The molecule has 1 atom stereocenters. The van der Waals surface area contributed by atoms with Crippen LogP contribution in [0, 0.1) is 6.92 Å². The van der Waals surface area contributed by atoms with Gasteiger partial charge in [-0.3, -0.25) is 0 Å². The van der Waals surface area contributed by atoms with Crippen LogP contribution in [0.1, 0.15) is 42.1 Å². The number of benzene rings is 1. The van der Waals surface area contributed by atoms with Crippen LogP contribution in [0.4, 0.5) is 0 Å². The molecule has 0 aliphatic carbocycles. The SMILES string of the molecule is CCCCC(Br)c1ccc(C)cc1. The number of halogens is 1. The van der Waals surface area contributed by atoms with Gasteiger partial charge in [0.25, 0.3) is 0 Å². The Morgan fingerprint density at radius 1 is 1.23 bits per heavy atom. The van der Waals surface area contributed by atoms with Crippen molar-refractivity contribution in [3.05, 3.63) is 35.4 Å². The van der Waals surface area contributed by atoms with Crippen LogP contribution in [0.2, 0.25) is 0 Å². The van der Waals surface area contributed by atoms with Crippen molar-refractivity contribution < 1.29 is 0 Å². The van der Waals surface area contributed by atoms with Crippen LogP contribution in [0.25, 0.3) is 0 Å². The van der Waals surface area contributed by atoms with E-state index in [4.69, 9.17) is 0 Å². The molecule has 0 bridgehead atoms. The molecule has 0 aromatic heterocycles. The Morgan fingerprint density at radius 3 is 2.38 bits per heavy atom. The van der Waals surface area contributed by atoms with E-state index in [2.05, 4.69) is 54.0 Å². The quantitative estimate of drug-likeness (QED) is 0.674. The van der Waals surface area contributed by atoms with Crippen molar-refractivity contribution in [2.75, 3.05) is 0 Å². The number of alkyl halides is 1. The van der Waals surface area contributed by atoms with Gasteiger partial charge in [-0.05, 0) is 18.9 Å². The third-order valence-corrected chi connectivity index (χ3v) is 3.24. The first-order valence-electron chi connectivity index (χ1n) is 4.94. The maximum absolute atomic E-state index is 3.71. The summed E-state index contributed by atoms with van der Waals surface area (Å²) in [6.07, 6.45) is 3.80. The Kier molecular flexibility index (Phi) is 4.51. The van der Waals surface area contributed by atoms with E-state index < -0.39 is 0 Å². The molecule has 1 rings (SSSR count). The maximum atomic E-state index is 3.71. The van der Waals surface area contributed by atoms with Crippen molar-refractivity contribution in [3.8, 4) is 0 Å². The summed E-state index contributed by atoms with van der Waals surface area (Å²) < 4.78 is 0. The van der Waals surface area contributed by atoms with Gasteiger partial charge in [0, 0.05) is 4.83 Å². The minimum atomic E-state index is 0.535. The topological polar surface area (TPSA) is 0 Å². The maximum Gasteiger partial charge on any atom is 0.0395 e. The van der Waals surface area contributed by atoms with Gasteiger partial charge in [0.1, 0.15) is 0 Å². The predicted molar refractivity (Wildman–Crippen MR) is 62.4 cm³/mol. The molecule has 1 unspecified atom stereocenters. The Bertz CT molecular complexity index is 238. The van der Waals surface area contributed by atoms with Crippen LogP contribution in [-0.2, 0) is 0 Å². The summed E-state index contributed by atoms with van der Waals surface area (Å²) in [6.45, 7) is 4.36. The molecule has 0 aliphatic heterocycles. The van der Waals surface area contributed by atoms with Crippen LogP contribution in [0.15, 0.2) is 24.3 Å². The van der Waals surface area contributed by atoms with Gasteiger partial charge < -0.3 is 0 Å². The van der Waals surface area contributed by atoms with E-state index in [0.29, 0.717) is 4.83 Å². The Balaban J connectivity index is 2.55. The van der Waals surface area contributed by atoms with E-state index >= 15 is 0 Å². The van der Waals surface area contributed by atoms with Gasteiger partial charge >= 0.3 is 0 Å². The zero-order valence-corrected chi connectivity index (χ0v) is 9.97. The van der Waals surface area contributed by atoms with E-state index in [1.54, 1.807) is 0 Å². The van der Waals surface area contributed by atoms with Crippen LogP contribution in [0.5, 0.6) is 0 Å². The lowest BCUT2D eigenvalue weighted by Crippen LogP contribution is -1.89. The molecule has 0 aliphatic rings. The number of hydrogen-bond donors (Lipinski definition) is 0. The van der Waals surface area contributed by atoms with Crippen molar-refractivity contribution in [3.63, 3.8) is 0 Å². The smallest absolute Gasteiger partial charge is 0.0395 e. The average Bonchev–Trinajstić information content (AvgIpc) is 2.15. The molecular weight excluding hydrogens is 224 g/mol. The number of hydrogen-bond acceptors (Lipinski definition) is 0. The highest BCUT2D eigenvalue weighted by atomic mass is 79.9. The summed E-state index contributed by atoms with van der Waals surface area (Å²) >= 11 is 3.71. The van der Waals surface area contributed by atoms with E-state index in [0.717, 1.165) is 0 Å². The zero-order chi connectivity index (χ0) is 9.68. The predicted octanol–water partition coefficient (Wildman–Crippen LogP) is 4.62. The monoisotopic (exact) mass is 240 g/mol. The van der Waals surface area contributed by atoms with Crippen molar-refractivity contribution in [2.45, 2.75) is 37.9 Å². The molecule has 13 heavy (non-hydrogen) atoms. The molecule has 0 heterocycles. The van der Waals surface area contributed by atoms with Crippen molar-refractivity contribution in [1.82, 2.24) is 0 Å². The molecule has 0 spiro atoms. The molecule has 0 saturated carbocycles. The minimum absolute atomic E-state index is 0.535. The second-order valence-corrected chi connectivity index (χ2v) is 4.63. The molecule has 0 radical (unpaired) electrons. The molecule has 0 fully saturated rings.